The van der Waals surface area contributed by atoms with Gasteiger partial charge in [-0.3, -0.25) is 0 Å². The van der Waals surface area contributed by atoms with Gasteiger partial charge in [-0.1, -0.05) is 109 Å². The van der Waals surface area contributed by atoms with Crippen molar-refractivity contribution in [2.75, 3.05) is 0 Å². The summed E-state index contributed by atoms with van der Waals surface area (Å²) in [6.45, 7) is 0. The standard InChI is InChI=1S/C42H24N2/c1-3-11-25(12-4-1)27-19-21-35-31(23-27)39-40-32-24-28(26-13-5-2-6-14-26)20-22-36(32)44-34-18-10-8-16-30(34)38(42(40)44)37-29-15-7-9-17-33(29)43(35)41(37)39/h1-24H. The average molecular weight is 557 g/mol. The van der Waals surface area contributed by atoms with Crippen molar-refractivity contribution in [3.63, 3.8) is 0 Å². The zero-order valence-electron chi connectivity index (χ0n) is 23.8. The van der Waals surface area contributed by atoms with Crippen molar-refractivity contribution >= 4 is 76.2 Å². The molecule has 0 aliphatic heterocycles. The van der Waals surface area contributed by atoms with Crippen LogP contribution in [0.4, 0.5) is 0 Å². The number of hydrogen-bond acceptors (Lipinski definition) is 0. The summed E-state index contributed by atoms with van der Waals surface area (Å²) >= 11 is 0. The van der Waals surface area contributed by atoms with E-state index in [0.717, 1.165) is 0 Å². The van der Waals surface area contributed by atoms with E-state index in [1.54, 1.807) is 0 Å². The molecule has 0 N–H and O–H groups in total. The van der Waals surface area contributed by atoms with Crippen LogP contribution < -0.4 is 0 Å². The van der Waals surface area contributed by atoms with Crippen LogP contribution in [0.1, 0.15) is 0 Å². The van der Waals surface area contributed by atoms with Gasteiger partial charge in [-0.2, -0.15) is 0 Å². The van der Waals surface area contributed by atoms with Crippen molar-refractivity contribution < 1.29 is 0 Å². The van der Waals surface area contributed by atoms with E-state index < -0.39 is 0 Å². The lowest BCUT2D eigenvalue weighted by molar-refractivity contribution is 1.37. The zero-order valence-corrected chi connectivity index (χ0v) is 23.8. The number of rotatable bonds is 2. The predicted octanol–water partition coefficient (Wildman–Crippen LogP) is 11.3. The molecule has 2 heteroatoms. The largest absolute Gasteiger partial charge is 0.308 e. The summed E-state index contributed by atoms with van der Waals surface area (Å²) in [5.41, 5.74) is 12.7. The molecule has 4 heterocycles. The quantitative estimate of drug-likeness (QED) is 0.200. The van der Waals surface area contributed by atoms with Crippen molar-refractivity contribution in [1.82, 2.24) is 8.80 Å². The third kappa shape index (κ3) is 2.63. The van der Waals surface area contributed by atoms with Crippen LogP contribution in [0.15, 0.2) is 146 Å². The Morgan fingerprint density at radius 1 is 0.273 bits per heavy atom. The zero-order chi connectivity index (χ0) is 28.5. The Labute approximate surface area is 252 Å². The minimum atomic E-state index is 1.24. The maximum absolute atomic E-state index is 2.53. The van der Waals surface area contributed by atoms with Gasteiger partial charge in [-0.15, -0.1) is 0 Å². The van der Waals surface area contributed by atoms with Crippen molar-refractivity contribution in [3.8, 4) is 22.3 Å². The molecule has 0 aliphatic carbocycles. The monoisotopic (exact) mass is 556 g/mol. The van der Waals surface area contributed by atoms with Gasteiger partial charge in [-0.05, 0) is 58.7 Å². The number of benzene rings is 7. The second-order valence-corrected chi connectivity index (χ2v) is 12.1. The molecule has 0 amide bonds. The number of para-hydroxylation sites is 2. The summed E-state index contributed by atoms with van der Waals surface area (Å²) in [7, 11) is 0. The molecule has 7 aromatic carbocycles. The van der Waals surface area contributed by atoms with Crippen LogP contribution in [0.3, 0.4) is 0 Å². The number of nitrogens with zero attached hydrogens (tertiary/aromatic N) is 2. The Morgan fingerprint density at radius 3 is 1.09 bits per heavy atom. The predicted molar refractivity (Wildman–Crippen MR) is 187 cm³/mol. The second kappa shape index (κ2) is 7.94. The summed E-state index contributed by atoms with van der Waals surface area (Å²) < 4.78 is 5.07. The van der Waals surface area contributed by atoms with Crippen LogP contribution in [0, 0.1) is 0 Å². The lowest BCUT2D eigenvalue weighted by atomic mass is 9.95. The molecule has 0 saturated heterocycles. The van der Waals surface area contributed by atoms with Gasteiger partial charge < -0.3 is 8.80 Å². The van der Waals surface area contributed by atoms with Gasteiger partial charge in [0.25, 0.3) is 0 Å². The summed E-state index contributed by atoms with van der Waals surface area (Å²) in [5.74, 6) is 0. The minimum Gasteiger partial charge on any atom is -0.308 e. The van der Waals surface area contributed by atoms with Crippen molar-refractivity contribution in [2.24, 2.45) is 0 Å². The van der Waals surface area contributed by atoms with E-state index in [1.165, 1.54) is 98.4 Å². The molecule has 0 saturated carbocycles. The molecular weight excluding hydrogens is 532 g/mol. The Morgan fingerprint density at radius 2 is 0.636 bits per heavy atom. The third-order valence-electron chi connectivity index (χ3n) is 9.95. The highest BCUT2D eigenvalue weighted by Gasteiger charge is 2.28. The lowest BCUT2D eigenvalue weighted by Crippen LogP contribution is -1.81. The summed E-state index contributed by atoms with van der Waals surface area (Å²) in [6, 6.07) is 53.6. The van der Waals surface area contributed by atoms with Crippen LogP contribution >= 0.6 is 0 Å². The molecule has 0 radical (unpaired) electrons. The molecule has 202 valence electrons. The van der Waals surface area contributed by atoms with Gasteiger partial charge in [-0.25, -0.2) is 0 Å². The van der Waals surface area contributed by atoms with E-state index in [4.69, 9.17) is 0 Å². The van der Waals surface area contributed by atoms with E-state index in [0.29, 0.717) is 0 Å². The third-order valence-corrected chi connectivity index (χ3v) is 9.95. The van der Waals surface area contributed by atoms with Gasteiger partial charge in [0.05, 0.1) is 33.1 Å². The molecule has 11 rings (SSSR count). The molecule has 0 unspecified atom stereocenters. The Bertz CT molecular complexity index is 2710. The Hall–Kier alpha value is -5.86. The first-order valence-electron chi connectivity index (χ1n) is 15.3. The van der Waals surface area contributed by atoms with Gasteiger partial charge in [0.15, 0.2) is 0 Å². The fraction of sp³-hybridized carbons (Fsp3) is 0. The molecule has 11 aromatic rings. The summed E-state index contributed by atoms with van der Waals surface area (Å²) in [5, 5.41) is 10.7. The van der Waals surface area contributed by atoms with E-state index in [1.807, 2.05) is 0 Å². The van der Waals surface area contributed by atoms with Crippen LogP contribution in [0.5, 0.6) is 0 Å². The average Bonchev–Trinajstić information content (AvgIpc) is 3.81. The highest BCUT2D eigenvalue weighted by atomic mass is 14.9. The first kappa shape index (κ1) is 22.7. The molecule has 2 nitrogen and oxygen atoms in total. The topological polar surface area (TPSA) is 8.82 Å². The van der Waals surface area contributed by atoms with Crippen LogP contribution in [0.2, 0.25) is 0 Å². The van der Waals surface area contributed by atoms with Crippen molar-refractivity contribution in [3.05, 3.63) is 146 Å². The Balaban J connectivity index is 1.46. The van der Waals surface area contributed by atoms with Gasteiger partial charge in [0, 0.05) is 43.1 Å². The first-order valence-corrected chi connectivity index (χ1v) is 15.3. The van der Waals surface area contributed by atoms with E-state index in [-0.39, 0.29) is 0 Å². The molecule has 0 spiro atoms. The summed E-state index contributed by atoms with van der Waals surface area (Å²) in [6.07, 6.45) is 0. The van der Waals surface area contributed by atoms with Crippen LogP contribution in [0.25, 0.3) is 98.4 Å². The molecule has 0 aliphatic rings. The lowest BCUT2D eigenvalue weighted by Gasteiger charge is -2.06. The highest BCUT2D eigenvalue weighted by molar-refractivity contribution is 6.45. The molecular formula is C42H24N2. The molecule has 0 bridgehead atoms. The maximum atomic E-state index is 2.53. The first-order chi connectivity index (χ1) is 21.9. The molecule has 0 atom stereocenters. The van der Waals surface area contributed by atoms with Crippen molar-refractivity contribution in [1.29, 1.82) is 0 Å². The van der Waals surface area contributed by atoms with Crippen LogP contribution in [-0.2, 0) is 0 Å². The normalized spacial score (nSPS) is 12.5. The Kier molecular flexibility index (Phi) is 4.10. The fourth-order valence-electron chi connectivity index (χ4n) is 8.20. The molecule has 0 fully saturated rings. The van der Waals surface area contributed by atoms with Gasteiger partial charge in [0.2, 0.25) is 0 Å². The number of hydrogen-bond donors (Lipinski definition) is 0. The van der Waals surface area contributed by atoms with E-state index in [9.17, 15) is 0 Å². The van der Waals surface area contributed by atoms with E-state index >= 15 is 0 Å². The van der Waals surface area contributed by atoms with Crippen molar-refractivity contribution in [2.45, 2.75) is 0 Å². The van der Waals surface area contributed by atoms with Gasteiger partial charge >= 0.3 is 0 Å². The second-order valence-electron chi connectivity index (χ2n) is 12.1. The minimum absolute atomic E-state index is 1.24. The highest BCUT2D eigenvalue weighted by Crippen LogP contribution is 2.52. The van der Waals surface area contributed by atoms with Gasteiger partial charge in [0.1, 0.15) is 0 Å². The summed E-state index contributed by atoms with van der Waals surface area (Å²) in [4.78, 5) is 0. The number of aromatic nitrogens is 2. The SMILES string of the molecule is c1ccc(-c2ccc3c(c2)c2c4c5cc(-c6ccccc6)ccc5n5c6ccccc6c(c6c7ccccc7n3c62)c45)cc1. The smallest absolute Gasteiger partial charge is 0.0634 e. The number of fused-ring (bicyclic) bond motifs is 14. The van der Waals surface area contributed by atoms with E-state index in [2.05, 4.69) is 154 Å². The molecule has 4 aromatic heterocycles. The fourth-order valence-corrected chi connectivity index (χ4v) is 8.20. The maximum Gasteiger partial charge on any atom is 0.0634 e. The van der Waals surface area contributed by atoms with Crippen LogP contribution in [-0.4, -0.2) is 8.80 Å². The molecule has 44 heavy (non-hydrogen) atoms.